The SMILES string of the molecule is CCOc1n[nH]c(NC(=O)Cn2cnc3ccccc32)n1. The Labute approximate surface area is 120 Å². The maximum atomic E-state index is 12.0. The van der Waals surface area contributed by atoms with E-state index in [0.717, 1.165) is 11.0 Å². The maximum Gasteiger partial charge on any atom is 0.337 e. The largest absolute Gasteiger partial charge is 0.463 e. The van der Waals surface area contributed by atoms with Gasteiger partial charge in [-0.15, -0.1) is 5.10 Å². The molecule has 0 aliphatic carbocycles. The summed E-state index contributed by atoms with van der Waals surface area (Å²) in [5.41, 5.74) is 1.75. The Bertz CT molecular complexity index is 763. The Hall–Kier alpha value is -2.90. The van der Waals surface area contributed by atoms with Crippen LogP contribution in [-0.4, -0.2) is 37.2 Å². The number of carbonyl (C=O) groups is 1. The van der Waals surface area contributed by atoms with E-state index in [2.05, 4.69) is 25.5 Å². The first kappa shape index (κ1) is 13.1. The van der Waals surface area contributed by atoms with Crippen molar-refractivity contribution in [3.8, 4) is 6.01 Å². The van der Waals surface area contributed by atoms with E-state index in [4.69, 9.17) is 4.74 Å². The van der Waals surface area contributed by atoms with Crippen LogP contribution in [0.1, 0.15) is 6.92 Å². The number of amides is 1. The molecule has 0 aliphatic rings. The number of ether oxygens (including phenoxy) is 1. The van der Waals surface area contributed by atoms with E-state index >= 15 is 0 Å². The van der Waals surface area contributed by atoms with Gasteiger partial charge in [-0.3, -0.25) is 10.1 Å². The first-order valence-electron chi connectivity index (χ1n) is 6.51. The summed E-state index contributed by atoms with van der Waals surface area (Å²) < 4.78 is 6.88. The average molecular weight is 286 g/mol. The average Bonchev–Trinajstić information content (AvgIpc) is 3.07. The number of nitrogens with one attached hydrogen (secondary N) is 2. The third-order valence-corrected chi connectivity index (χ3v) is 2.84. The number of fused-ring (bicyclic) bond motifs is 1. The quantitative estimate of drug-likeness (QED) is 0.734. The highest BCUT2D eigenvalue weighted by atomic mass is 16.5. The second-order valence-corrected chi connectivity index (χ2v) is 4.31. The lowest BCUT2D eigenvalue weighted by Gasteiger charge is -2.03. The number of aromatic amines is 1. The third-order valence-electron chi connectivity index (χ3n) is 2.84. The van der Waals surface area contributed by atoms with Gasteiger partial charge >= 0.3 is 6.01 Å². The van der Waals surface area contributed by atoms with Crippen LogP contribution < -0.4 is 10.1 Å². The number of H-pyrrole nitrogens is 1. The second-order valence-electron chi connectivity index (χ2n) is 4.31. The smallest absolute Gasteiger partial charge is 0.337 e. The van der Waals surface area contributed by atoms with Crippen LogP contribution in [-0.2, 0) is 11.3 Å². The Balaban J connectivity index is 1.68. The van der Waals surface area contributed by atoms with Crippen molar-refractivity contribution in [2.24, 2.45) is 0 Å². The molecular weight excluding hydrogens is 272 g/mol. The number of benzene rings is 1. The molecule has 0 atom stereocenters. The molecule has 108 valence electrons. The van der Waals surface area contributed by atoms with Gasteiger partial charge in [0.15, 0.2) is 0 Å². The molecule has 3 aromatic rings. The van der Waals surface area contributed by atoms with Gasteiger partial charge in [0, 0.05) is 0 Å². The molecule has 0 radical (unpaired) electrons. The van der Waals surface area contributed by atoms with Crippen molar-refractivity contribution in [3.05, 3.63) is 30.6 Å². The molecule has 2 aromatic heterocycles. The number of nitrogens with zero attached hydrogens (tertiary/aromatic N) is 4. The van der Waals surface area contributed by atoms with Crippen molar-refractivity contribution in [2.75, 3.05) is 11.9 Å². The Morgan fingerprint density at radius 1 is 1.43 bits per heavy atom. The molecule has 2 heterocycles. The standard InChI is InChI=1S/C13H14N6O2/c1-2-21-13-16-12(17-18-13)15-11(20)7-19-8-14-9-5-3-4-6-10(9)19/h3-6,8H,2,7H2,1H3,(H2,15,16,17,18,20). The van der Waals surface area contributed by atoms with Crippen molar-refractivity contribution >= 4 is 22.9 Å². The fraction of sp³-hybridized carbons (Fsp3) is 0.231. The van der Waals surface area contributed by atoms with Crippen LogP contribution in [0.2, 0.25) is 0 Å². The van der Waals surface area contributed by atoms with E-state index in [1.165, 1.54) is 0 Å². The molecule has 8 nitrogen and oxygen atoms in total. The second kappa shape index (κ2) is 5.61. The van der Waals surface area contributed by atoms with Gasteiger partial charge in [0.05, 0.1) is 24.0 Å². The summed E-state index contributed by atoms with van der Waals surface area (Å²) in [5, 5.41) is 9.04. The molecule has 0 spiro atoms. The predicted octanol–water partition coefficient (Wildman–Crippen LogP) is 1.19. The summed E-state index contributed by atoms with van der Waals surface area (Å²) in [6.45, 7) is 2.44. The van der Waals surface area contributed by atoms with E-state index in [0.29, 0.717) is 6.61 Å². The molecule has 1 aromatic carbocycles. The van der Waals surface area contributed by atoms with Gasteiger partial charge in [-0.1, -0.05) is 12.1 Å². The number of para-hydroxylation sites is 2. The lowest BCUT2D eigenvalue weighted by molar-refractivity contribution is -0.116. The number of anilines is 1. The summed E-state index contributed by atoms with van der Waals surface area (Å²) in [6.07, 6.45) is 1.64. The van der Waals surface area contributed by atoms with Crippen LogP contribution in [0.4, 0.5) is 5.95 Å². The van der Waals surface area contributed by atoms with Crippen molar-refractivity contribution in [3.63, 3.8) is 0 Å². The maximum absolute atomic E-state index is 12.0. The minimum absolute atomic E-state index is 0.144. The van der Waals surface area contributed by atoms with Crippen LogP contribution in [0.5, 0.6) is 6.01 Å². The third kappa shape index (κ3) is 2.83. The molecule has 0 fully saturated rings. The van der Waals surface area contributed by atoms with Crippen LogP contribution >= 0.6 is 0 Å². The molecule has 0 saturated carbocycles. The summed E-state index contributed by atoms with van der Waals surface area (Å²) in [6, 6.07) is 7.83. The number of aromatic nitrogens is 5. The molecule has 0 saturated heterocycles. The Morgan fingerprint density at radius 3 is 3.14 bits per heavy atom. The summed E-state index contributed by atoms with van der Waals surface area (Å²) in [5.74, 6) is 0.0326. The Morgan fingerprint density at radius 2 is 2.29 bits per heavy atom. The van der Waals surface area contributed by atoms with E-state index < -0.39 is 0 Å². The van der Waals surface area contributed by atoms with Gasteiger partial charge in [0.25, 0.3) is 0 Å². The van der Waals surface area contributed by atoms with Crippen molar-refractivity contribution < 1.29 is 9.53 Å². The topological polar surface area (TPSA) is 97.7 Å². The monoisotopic (exact) mass is 286 g/mol. The van der Waals surface area contributed by atoms with Gasteiger partial charge in [0.2, 0.25) is 11.9 Å². The zero-order valence-corrected chi connectivity index (χ0v) is 11.4. The van der Waals surface area contributed by atoms with Gasteiger partial charge in [-0.25, -0.2) is 10.1 Å². The molecule has 21 heavy (non-hydrogen) atoms. The van der Waals surface area contributed by atoms with Crippen LogP contribution in [0, 0.1) is 0 Å². The highest BCUT2D eigenvalue weighted by Crippen LogP contribution is 2.12. The molecule has 8 heteroatoms. The molecular formula is C13H14N6O2. The molecule has 0 bridgehead atoms. The van der Waals surface area contributed by atoms with Gasteiger partial charge < -0.3 is 9.30 Å². The lowest BCUT2D eigenvalue weighted by atomic mass is 10.3. The first-order chi connectivity index (χ1) is 10.3. The van der Waals surface area contributed by atoms with E-state index in [-0.39, 0.29) is 24.4 Å². The number of rotatable bonds is 5. The zero-order valence-electron chi connectivity index (χ0n) is 11.4. The minimum Gasteiger partial charge on any atom is -0.463 e. The van der Waals surface area contributed by atoms with E-state index in [1.54, 1.807) is 10.9 Å². The molecule has 0 unspecified atom stereocenters. The number of imidazole rings is 1. The van der Waals surface area contributed by atoms with Crippen molar-refractivity contribution in [1.82, 2.24) is 24.7 Å². The number of carbonyl (C=O) groups excluding carboxylic acids is 1. The minimum atomic E-state index is -0.225. The molecule has 1 amide bonds. The number of hydrogen-bond donors (Lipinski definition) is 2. The van der Waals surface area contributed by atoms with E-state index in [1.807, 2.05) is 31.2 Å². The molecule has 2 N–H and O–H groups in total. The highest BCUT2D eigenvalue weighted by molar-refractivity contribution is 5.90. The van der Waals surface area contributed by atoms with E-state index in [9.17, 15) is 4.79 Å². The summed E-state index contributed by atoms with van der Waals surface area (Å²) >= 11 is 0. The zero-order chi connectivity index (χ0) is 14.7. The summed E-state index contributed by atoms with van der Waals surface area (Å²) in [4.78, 5) is 20.2. The van der Waals surface area contributed by atoms with Crippen LogP contribution in [0.15, 0.2) is 30.6 Å². The van der Waals surface area contributed by atoms with Gasteiger partial charge in [-0.2, -0.15) is 4.98 Å². The normalized spacial score (nSPS) is 10.7. The fourth-order valence-corrected chi connectivity index (χ4v) is 1.96. The lowest BCUT2D eigenvalue weighted by Crippen LogP contribution is -2.19. The van der Waals surface area contributed by atoms with Gasteiger partial charge in [0.1, 0.15) is 6.54 Å². The van der Waals surface area contributed by atoms with Crippen LogP contribution in [0.25, 0.3) is 11.0 Å². The van der Waals surface area contributed by atoms with Crippen LogP contribution in [0.3, 0.4) is 0 Å². The summed E-state index contributed by atoms with van der Waals surface area (Å²) in [7, 11) is 0. The van der Waals surface area contributed by atoms with Gasteiger partial charge in [-0.05, 0) is 19.1 Å². The Kier molecular flexibility index (Phi) is 3.50. The number of hydrogen-bond acceptors (Lipinski definition) is 5. The molecule has 0 aliphatic heterocycles. The fourth-order valence-electron chi connectivity index (χ4n) is 1.96. The first-order valence-corrected chi connectivity index (χ1v) is 6.51. The van der Waals surface area contributed by atoms with Crippen molar-refractivity contribution in [1.29, 1.82) is 0 Å². The predicted molar refractivity (Wildman–Crippen MR) is 75.9 cm³/mol. The van der Waals surface area contributed by atoms with Crippen molar-refractivity contribution in [2.45, 2.75) is 13.5 Å². The molecule has 3 rings (SSSR count). The highest BCUT2D eigenvalue weighted by Gasteiger charge is 2.10.